The summed E-state index contributed by atoms with van der Waals surface area (Å²) in [4.78, 5) is 29.6. The van der Waals surface area contributed by atoms with Gasteiger partial charge in [-0.3, -0.25) is 14.5 Å². The summed E-state index contributed by atoms with van der Waals surface area (Å²) in [5.74, 6) is 0.303. The zero-order chi connectivity index (χ0) is 25.7. The molecule has 0 spiro atoms. The second kappa shape index (κ2) is 11.9. The van der Waals surface area contributed by atoms with Crippen LogP contribution in [0.25, 0.3) is 6.08 Å². The molecule has 36 heavy (non-hydrogen) atoms. The molecule has 0 N–H and O–H groups in total. The van der Waals surface area contributed by atoms with Crippen molar-refractivity contribution in [1.29, 1.82) is 0 Å². The van der Waals surface area contributed by atoms with Crippen LogP contribution in [0.2, 0.25) is 10.0 Å². The molecule has 3 aromatic rings. The van der Waals surface area contributed by atoms with Crippen LogP contribution in [-0.2, 0) is 17.9 Å². The lowest BCUT2D eigenvalue weighted by atomic mass is 10.1. The number of carbonyl (C=O) groups excluding carboxylic acids is 2. The number of rotatable bonds is 9. The van der Waals surface area contributed by atoms with Crippen LogP contribution in [-0.4, -0.2) is 29.1 Å². The first-order chi connectivity index (χ1) is 17.4. The van der Waals surface area contributed by atoms with Crippen LogP contribution in [0.1, 0.15) is 30.5 Å². The fourth-order valence-electron chi connectivity index (χ4n) is 3.89. The molecule has 1 saturated heterocycles. The standard InChI is InChI=1S/C28H26Cl2N2O3S/c1-3-31(4-2)22-12-11-21(25(16-22)35-18-19-8-6-5-7-9-19)15-26-27(33)32(28(34)36-26)17-20-10-13-23(29)24(30)14-20/h5-16H,3-4,17-18H2,1-2H3/b26-15+. The summed E-state index contributed by atoms with van der Waals surface area (Å²) < 4.78 is 6.20. The zero-order valence-electron chi connectivity index (χ0n) is 20.0. The maximum Gasteiger partial charge on any atom is 0.293 e. The van der Waals surface area contributed by atoms with Gasteiger partial charge in [0.15, 0.2) is 0 Å². The molecule has 0 unspecified atom stereocenters. The van der Waals surface area contributed by atoms with Crippen molar-refractivity contribution in [3.8, 4) is 5.75 Å². The molecule has 8 heteroatoms. The van der Waals surface area contributed by atoms with E-state index in [1.165, 1.54) is 4.90 Å². The van der Waals surface area contributed by atoms with Crippen molar-refractivity contribution < 1.29 is 14.3 Å². The predicted molar refractivity (Wildman–Crippen MR) is 149 cm³/mol. The van der Waals surface area contributed by atoms with E-state index < -0.39 is 0 Å². The summed E-state index contributed by atoms with van der Waals surface area (Å²) >= 11 is 13.0. The Morgan fingerprint density at radius 2 is 1.67 bits per heavy atom. The van der Waals surface area contributed by atoms with Gasteiger partial charge >= 0.3 is 0 Å². The number of nitrogens with zero attached hydrogens (tertiary/aromatic N) is 2. The molecule has 0 radical (unpaired) electrons. The van der Waals surface area contributed by atoms with Gasteiger partial charge in [-0.2, -0.15) is 0 Å². The molecule has 0 atom stereocenters. The van der Waals surface area contributed by atoms with Crippen LogP contribution in [0.15, 0.2) is 71.6 Å². The molecular formula is C28H26Cl2N2O3S. The van der Waals surface area contributed by atoms with Crippen LogP contribution < -0.4 is 9.64 Å². The van der Waals surface area contributed by atoms with Crippen LogP contribution in [0.3, 0.4) is 0 Å². The topological polar surface area (TPSA) is 49.9 Å². The minimum Gasteiger partial charge on any atom is -0.488 e. The lowest BCUT2D eigenvalue weighted by Crippen LogP contribution is -2.27. The van der Waals surface area contributed by atoms with Gasteiger partial charge in [-0.1, -0.05) is 59.6 Å². The first kappa shape index (κ1) is 26.1. The van der Waals surface area contributed by atoms with Gasteiger partial charge < -0.3 is 9.64 Å². The number of thioether (sulfide) groups is 1. The third-order valence-electron chi connectivity index (χ3n) is 5.85. The summed E-state index contributed by atoms with van der Waals surface area (Å²) in [6.45, 7) is 6.44. The van der Waals surface area contributed by atoms with E-state index in [0.29, 0.717) is 27.3 Å². The Labute approximate surface area is 225 Å². The van der Waals surface area contributed by atoms with Gasteiger partial charge in [0, 0.05) is 30.4 Å². The maximum atomic E-state index is 13.1. The molecule has 186 valence electrons. The van der Waals surface area contributed by atoms with Crippen molar-refractivity contribution in [3.05, 3.63) is 98.4 Å². The molecule has 3 aromatic carbocycles. The van der Waals surface area contributed by atoms with Gasteiger partial charge in [-0.05, 0) is 67.1 Å². The number of halogens is 2. The van der Waals surface area contributed by atoms with E-state index in [9.17, 15) is 9.59 Å². The Morgan fingerprint density at radius 3 is 2.36 bits per heavy atom. The highest BCUT2D eigenvalue weighted by Crippen LogP contribution is 2.36. The average Bonchev–Trinajstić information content (AvgIpc) is 3.14. The number of ether oxygens (including phenoxy) is 1. The first-order valence-electron chi connectivity index (χ1n) is 11.6. The largest absolute Gasteiger partial charge is 0.488 e. The van der Waals surface area contributed by atoms with E-state index in [2.05, 4.69) is 18.7 Å². The molecule has 4 rings (SSSR count). The van der Waals surface area contributed by atoms with Crippen molar-refractivity contribution in [1.82, 2.24) is 4.90 Å². The summed E-state index contributed by atoms with van der Waals surface area (Å²) in [5.41, 5.74) is 3.54. The van der Waals surface area contributed by atoms with E-state index in [1.807, 2.05) is 48.5 Å². The van der Waals surface area contributed by atoms with Crippen molar-refractivity contribution >= 4 is 57.9 Å². The van der Waals surface area contributed by atoms with Gasteiger partial charge in [0.25, 0.3) is 11.1 Å². The highest BCUT2D eigenvalue weighted by Gasteiger charge is 2.35. The summed E-state index contributed by atoms with van der Waals surface area (Å²) in [5, 5.41) is 0.472. The molecule has 1 aliphatic heterocycles. The highest BCUT2D eigenvalue weighted by atomic mass is 35.5. The van der Waals surface area contributed by atoms with Crippen LogP contribution in [0.5, 0.6) is 5.75 Å². The van der Waals surface area contributed by atoms with E-state index in [-0.39, 0.29) is 17.7 Å². The van der Waals surface area contributed by atoms with Gasteiger partial charge in [0.1, 0.15) is 12.4 Å². The molecule has 5 nitrogen and oxygen atoms in total. The molecular weight excluding hydrogens is 515 g/mol. The monoisotopic (exact) mass is 540 g/mol. The number of anilines is 1. The number of amides is 2. The fraction of sp³-hybridized carbons (Fsp3) is 0.214. The molecule has 0 saturated carbocycles. The fourth-order valence-corrected chi connectivity index (χ4v) is 5.04. The third-order valence-corrected chi connectivity index (χ3v) is 7.49. The summed E-state index contributed by atoms with van der Waals surface area (Å²) in [7, 11) is 0. The zero-order valence-corrected chi connectivity index (χ0v) is 22.4. The second-order valence-corrected chi connectivity index (χ2v) is 9.99. The minimum atomic E-state index is -0.349. The quantitative estimate of drug-likeness (QED) is 0.261. The summed E-state index contributed by atoms with van der Waals surface area (Å²) in [6, 6.07) is 20.9. The highest BCUT2D eigenvalue weighted by molar-refractivity contribution is 8.18. The number of benzene rings is 3. The van der Waals surface area contributed by atoms with Gasteiger partial charge in [0.05, 0.1) is 21.5 Å². The second-order valence-electron chi connectivity index (χ2n) is 8.19. The van der Waals surface area contributed by atoms with E-state index in [4.69, 9.17) is 27.9 Å². The number of hydrogen-bond acceptors (Lipinski definition) is 5. The van der Waals surface area contributed by atoms with E-state index >= 15 is 0 Å². The lowest BCUT2D eigenvalue weighted by Gasteiger charge is -2.22. The number of carbonyl (C=O) groups is 2. The van der Waals surface area contributed by atoms with E-state index in [1.54, 1.807) is 24.3 Å². The third kappa shape index (κ3) is 6.06. The molecule has 2 amide bonds. The number of imide groups is 1. The number of hydrogen-bond donors (Lipinski definition) is 0. The molecule has 1 aliphatic rings. The van der Waals surface area contributed by atoms with Crippen molar-refractivity contribution in [2.45, 2.75) is 27.0 Å². The van der Waals surface area contributed by atoms with Crippen LogP contribution >= 0.6 is 35.0 Å². The van der Waals surface area contributed by atoms with Crippen molar-refractivity contribution in [3.63, 3.8) is 0 Å². The molecule has 1 fully saturated rings. The van der Waals surface area contributed by atoms with Gasteiger partial charge in [0.2, 0.25) is 0 Å². The van der Waals surface area contributed by atoms with Gasteiger partial charge in [-0.25, -0.2) is 0 Å². The lowest BCUT2D eigenvalue weighted by molar-refractivity contribution is -0.123. The molecule has 0 aliphatic carbocycles. The van der Waals surface area contributed by atoms with Crippen LogP contribution in [0, 0.1) is 0 Å². The normalized spacial score (nSPS) is 14.6. The minimum absolute atomic E-state index is 0.122. The smallest absolute Gasteiger partial charge is 0.293 e. The average molecular weight is 542 g/mol. The summed E-state index contributed by atoms with van der Waals surface area (Å²) in [6.07, 6.45) is 1.73. The van der Waals surface area contributed by atoms with E-state index in [0.717, 1.165) is 47.2 Å². The SMILES string of the molecule is CCN(CC)c1ccc(/C=C2/SC(=O)N(Cc3ccc(Cl)c(Cl)c3)C2=O)c(OCc2ccccc2)c1. The van der Waals surface area contributed by atoms with Gasteiger partial charge in [-0.15, -0.1) is 0 Å². The molecule has 1 heterocycles. The van der Waals surface area contributed by atoms with Crippen molar-refractivity contribution in [2.24, 2.45) is 0 Å². The Morgan fingerprint density at radius 1 is 0.917 bits per heavy atom. The Bertz CT molecular complexity index is 1290. The Hall–Kier alpha value is -2.93. The maximum absolute atomic E-state index is 13.1. The molecule has 0 aromatic heterocycles. The predicted octanol–water partition coefficient (Wildman–Crippen LogP) is 7.66. The first-order valence-corrected chi connectivity index (χ1v) is 13.2. The Balaban J connectivity index is 1.61. The Kier molecular flexibility index (Phi) is 8.62. The molecule has 0 bridgehead atoms. The van der Waals surface area contributed by atoms with Crippen LogP contribution in [0.4, 0.5) is 10.5 Å². The van der Waals surface area contributed by atoms with Crippen molar-refractivity contribution in [2.75, 3.05) is 18.0 Å².